The standard InChI is InChI=1S/C15H21FN2O/c1-17-8-6-12(7-9-17)10-18(2)15-5-3-4-14(16)13(15)11-19/h3-5,11-12H,6-10H2,1-2H3. The number of nitrogens with zero attached hydrogens (tertiary/aromatic N) is 2. The van der Waals surface area contributed by atoms with E-state index in [2.05, 4.69) is 11.9 Å². The van der Waals surface area contributed by atoms with Crippen LogP contribution < -0.4 is 4.90 Å². The zero-order valence-electron chi connectivity index (χ0n) is 11.6. The van der Waals surface area contributed by atoms with Gasteiger partial charge in [-0.05, 0) is 51.0 Å². The van der Waals surface area contributed by atoms with Crippen molar-refractivity contribution in [1.29, 1.82) is 0 Å². The Morgan fingerprint density at radius 1 is 1.42 bits per heavy atom. The first-order chi connectivity index (χ1) is 9.11. The molecule has 3 nitrogen and oxygen atoms in total. The first kappa shape index (κ1) is 14.0. The maximum absolute atomic E-state index is 13.6. The van der Waals surface area contributed by atoms with Crippen molar-refractivity contribution in [2.75, 3.05) is 38.6 Å². The summed E-state index contributed by atoms with van der Waals surface area (Å²) < 4.78 is 13.6. The minimum atomic E-state index is -0.442. The van der Waals surface area contributed by atoms with Gasteiger partial charge < -0.3 is 9.80 Å². The lowest BCUT2D eigenvalue weighted by molar-refractivity contribution is 0.112. The van der Waals surface area contributed by atoms with Crippen LogP contribution in [0.15, 0.2) is 18.2 Å². The molecule has 0 aromatic heterocycles. The van der Waals surface area contributed by atoms with Crippen LogP contribution in [0.3, 0.4) is 0 Å². The molecule has 0 saturated carbocycles. The fraction of sp³-hybridized carbons (Fsp3) is 0.533. The molecular formula is C15H21FN2O. The van der Waals surface area contributed by atoms with E-state index in [9.17, 15) is 9.18 Å². The average Bonchev–Trinajstić information content (AvgIpc) is 2.41. The monoisotopic (exact) mass is 264 g/mol. The summed E-state index contributed by atoms with van der Waals surface area (Å²) in [5.41, 5.74) is 0.854. The van der Waals surface area contributed by atoms with Crippen LogP contribution in [0, 0.1) is 11.7 Å². The summed E-state index contributed by atoms with van der Waals surface area (Å²) in [5.74, 6) is 0.173. The Hall–Kier alpha value is -1.42. The number of benzene rings is 1. The van der Waals surface area contributed by atoms with E-state index in [1.807, 2.05) is 18.0 Å². The summed E-state index contributed by atoms with van der Waals surface area (Å²) >= 11 is 0. The van der Waals surface area contributed by atoms with Gasteiger partial charge in [-0.1, -0.05) is 6.07 Å². The van der Waals surface area contributed by atoms with E-state index in [1.54, 1.807) is 6.07 Å². The highest BCUT2D eigenvalue weighted by atomic mass is 19.1. The molecule has 4 heteroatoms. The Balaban J connectivity index is 2.05. The quantitative estimate of drug-likeness (QED) is 0.780. The van der Waals surface area contributed by atoms with Crippen LogP contribution in [-0.2, 0) is 0 Å². The average molecular weight is 264 g/mol. The molecule has 0 radical (unpaired) electrons. The summed E-state index contributed by atoms with van der Waals surface area (Å²) in [6.07, 6.45) is 2.93. The fourth-order valence-corrected chi connectivity index (χ4v) is 2.71. The molecule has 0 amide bonds. The van der Waals surface area contributed by atoms with Crippen LogP contribution in [0.5, 0.6) is 0 Å². The lowest BCUT2D eigenvalue weighted by Crippen LogP contribution is -2.36. The topological polar surface area (TPSA) is 23.6 Å². The van der Waals surface area contributed by atoms with Gasteiger partial charge in [0, 0.05) is 19.3 Å². The van der Waals surface area contributed by atoms with E-state index >= 15 is 0 Å². The molecule has 19 heavy (non-hydrogen) atoms. The highest BCUT2D eigenvalue weighted by molar-refractivity contribution is 5.84. The minimum absolute atomic E-state index is 0.165. The Kier molecular flexibility index (Phi) is 4.53. The molecule has 104 valence electrons. The van der Waals surface area contributed by atoms with E-state index in [1.165, 1.54) is 6.07 Å². The van der Waals surface area contributed by atoms with E-state index < -0.39 is 5.82 Å². The molecule has 0 bridgehead atoms. The third-order valence-electron chi connectivity index (χ3n) is 3.93. The van der Waals surface area contributed by atoms with Crippen molar-refractivity contribution in [3.05, 3.63) is 29.6 Å². The Labute approximate surface area is 114 Å². The SMILES string of the molecule is CN1CCC(CN(C)c2cccc(F)c2C=O)CC1. The van der Waals surface area contributed by atoms with Crippen molar-refractivity contribution in [3.8, 4) is 0 Å². The predicted octanol–water partition coefficient (Wildman–Crippen LogP) is 2.42. The number of anilines is 1. The summed E-state index contributed by atoms with van der Waals surface area (Å²) in [5, 5.41) is 0. The lowest BCUT2D eigenvalue weighted by Gasteiger charge is -2.32. The van der Waals surface area contributed by atoms with Crippen LogP contribution in [0.25, 0.3) is 0 Å². The molecule has 2 rings (SSSR count). The van der Waals surface area contributed by atoms with Crippen molar-refractivity contribution in [3.63, 3.8) is 0 Å². The van der Waals surface area contributed by atoms with Gasteiger partial charge in [-0.2, -0.15) is 0 Å². The van der Waals surface area contributed by atoms with Gasteiger partial charge in [0.1, 0.15) is 5.82 Å². The first-order valence-corrected chi connectivity index (χ1v) is 6.75. The maximum Gasteiger partial charge on any atom is 0.155 e. The van der Waals surface area contributed by atoms with Gasteiger partial charge in [0.05, 0.1) is 5.56 Å². The minimum Gasteiger partial charge on any atom is -0.374 e. The summed E-state index contributed by atoms with van der Waals surface area (Å²) in [7, 11) is 4.07. The highest BCUT2D eigenvalue weighted by Crippen LogP contribution is 2.24. The molecule has 0 spiro atoms. The summed E-state index contributed by atoms with van der Waals surface area (Å²) in [6, 6.07) is 4.79. The lowest BCUT2D eigenvalue weighted by atomic mass is 9.96. The number of hydrogen-bond donors (Lipinski definition) is 0. The molecule has 1 heterocycles. The number of carbonyl (C=O) groups excluding carboxylic acids is 1. The van der Waals surface area contributed by atoms with Crippen LogP contribution in [0.1, 0.15) is 23.2 Å². The zero-order chi connectivity index (χ0) is 13.8. The molecule has 1 aliphatic heterocycles. The molecule has 1 aromatic carbocycles. The second-order valence-corrected chi connectivity index (χ2v) is 5.42. The second-order valence-electron chi connectivity index (χ2n) is 5.42. The van der Waals surface area contributed by atoms with Gasteiger partial charge in [0.2, 0.25) is 0 Å². The number of carbonyl (C=O) groups is 1. The van der Waals surface area contributed by atoms with E-state index in [-0.39, 0.29) is 5.56 Å². The van der Waals surface area contributed by atoms with Crippen LogP contribution >= 0.6 is 0 Å². The molecule has 1 saturated heterocycles. The molecule has 0 N–H and O–H groups in total. The fourth-order valence-electron chi connectivity index (χ4n) is 2.71. The first-order valence-electron chi connectivity index (χ1n) is 6.75. The predicted molar refractivity (Wildman–Crippen MR) is 75.3 cm³/mol. The molecule has 0 unspecified atom stereocenters. The van der Waals surface area contributed by atoms with Crippen LogP contribution in [-0.4, -0.2) is 44.9 Å². The molecule has 1 fully saturated rings. The van der Waals surface area contributed by atoms with Crippen molar-refractivity contribution in [2.45, 2.75) is 12.8 Å². The number of likely N-dealkylation sites (tertiary alicyclic amines) is 1. The number of halogens is 1. The molecule has 0 atom stereocenters. The van der Waals surface area contributed by atoms with E-state index in [0.29, 0.717) is 17.9 Å². The zero-order valence-corrected chi connectivity index (χ0v) is 11.6. The van der Waals surface area contributed by atoms with Gasteiger partial charge in [0.15, 0.2) is 6.29 Å². The largest absolute Gasteiger partial charge is 0.374 e. The van der Waals surface area contributed by atoms with E-state index in [4.69, 9.17) is 0 Å². The second kappa shape index (κ2) is 6.15. The van der Waals surface area contributed by atoms with Gasteiger partial charge in [-0.15, -0.1) is 0 Å². The van der Waals surface area contributed by atoms with Gasteiger partial charge in [0.25, 0.3) is 0 Å². The van der Waals surface area contributed by atoms with E-state index in [0.717, 1.165) is 32.5 Å². The molecule has 1 aliphatic rings. The molecule has 0 aliphatic carbocycles. The summed E-state index contributed by atoms with van der Waals surface area (Å²) in [6.45, 7) is 3.10. The third kappa shape index (κ3) is 3.32. The number of aldehydes is 1. The van der Waals surface area contributed by atoms with Crippen molar-refractivity contribution >= 4 is 12.0 Å². The Morgan fingerprint density at radius 3 is 2.74 bits per heavy atom. The number of rotatable bonds is 4. The van der Waals surface area contributed by atoms with Gasteiger partial charge in [-0.3, -0.25) is 4.79 Å². The van der Waals surface area contributed by atoms with Crippen molar-refractivity contribution in [2.24, 2.45) is 5.92 Å². The van der Waals surface area contributed by atoms with Gasteiger partial charge in [-0.25, -0.2) is 4.39 Å². The summed E-state index contributed by atoms with van der Waals surface area (Å²) in [4.78, 5) is 15.3. The maximum atomic E-state index is 13.6. The smallest absolute Gasteiger partial charge is 0.155 e. The normalized spacial score (nSPS) is 17.4. The number of hydrogen-bond acceptors (Lipinski definition) is 3. The third-order valence-corrected chi connectivity index (χ3v) is 3.93. The van der Waals surface area contributed by atoms with Crippen molar-refractivity contribution < 1.29 is 9.18 Å². The van der Waals surface area contributed by atoms with Crippen LogP contribution in [0.4, 0.5) is 10.1 Å². The molecular weight excluding hydrogens is 243 g/mol. The highest BCUT2D eigenvalue weighted by Gasteiger charge is 2.20. The van der Waals surface area contributed by atoms with Gasteiger partial charge >= 0.3 is 0 Å². The molecule has 1 aromatic rings. The Morgan fingerprint density at radius 2 is 2.11 bits per heavy atom. The van der Waals surface area contributed by atoms with Crippen molar-refractivity contribution in [1.82, 2.24) is 4.90 Å². The Bertz CT molecular complexity index is 442. The van der Waals surface area contributed by atoms with Crippen LogP contribution in [0.2, 0.25) is 0 Å². The number of piperidine rings is 1.